The second-order valence-corrected chi connectivity index (χ2v) is 2.80. The van der Waals surface area contributed by atoms with E-state index in [1.165, 1.54) is 0 Å². The first-order valence-electron chi connectivity index (χ1n) is 3.60. The van der Waals surface area contributed by atoms with E-state index < -0.39 is 0 Å². The van der Waals surface area contributed by atoms with Crippen LogP contribution >= 0.6 is 0 Å². The van der Waals surface area contributed by atoms with Crippen LogP contribution in [-0.2, 0) is 37.5 Å². The molecule has 12 heavy (non-hydrogen) atoms. The molecule has 2 unspecified atom stereocenters. The molecule has 2 atom stereocenters. The van der Waals surface area contributed by atoms with Crippen molar-refractivity contribution in [3.05, 3.63) is 12.7 Å². The van der Waals surface area contributed by atoms with E-state index in [1.807, 2.05) is 0 Å². The van der Waals surface area contributed by atoms with Crippen LogP contribution in [-0.4, -0.2) is 26.0 Å². The van der Waals surface area contributed by atoms with Gasteiger partial charge in [0, 0.05) is 45.2 Å². The maximum Gasteiger partial charge on any atom is 0.0557 e. The van der Waals surface area contributed by atoms with Crippen LogP contribution in [0.15, 0.2) is 0 Å². The van der Waals surface area contributed by atoms with Gasteiger partial charge in [0.1, 0.15) is 0 Å². The summed E-state index contributed by atoms with van der Waals surface area (Å²) in [6.07, 6.45) is 0. The minimum atomic E-state index is 0. The Morgan fingerprint density at radius 3 is 2.42 bits per heavy atom. The van der Waals surface area contributed by atoms with E-state index in [9.17, 15) is 4.79 Å². The Kier molecular flexibility index (Phi) is 8.75. The summed E-state index contributed by atoms with van der Waals surface area (Å²) in [5.74, 6) is 0.624. The number of hydrogen-bond donors (Lipinski definition) is 1. The average Bonchev–Trinajstić information content (AvgIpc) is 2.34. The standard InChI is InChI=1S/C7H14N2O.CH3.Y/c1-5-3-9-4-6(5)7(10)8-2;;/h5-6,9H,3-4H2,1-2H3,(H,8,10);1H3;/q;-1;/p-1. The molecule has 0 aliphatic carbocycles. The second-order valence-electron chi connectivity index (χ2n) is 2.80. The minimum Gasteiger partial charge on any atom is -0.656 e. The molecule has 0 aromatic carbocycles. The maximum absolute atomic E-state index is 11.0. The molecule has 0 aromatic heterocycles. The zero-order chi connectivity index (χ0) is 7.56. The molecule has 1 heterocycles. The van der Waals surface area contributed by atoms with Crippen molar-refractivity contribution >= 4 is 5.91 Å². The van der Waals surface area contributed by atoms with Gasteiger partial charge in [-0.2, -0.15) is 0 Å². The maximum atomic E-state index is 11.0. The summed E-state index contributed by atoms with van der Waals surface area (Å²) in [4.78, 5) is 11.0. The number of carbonyl (C=O) groups excluding carboxylic acids is 1. The van der Waals surface area contributed by atoms with Gasteiger partial charge in [-0.05, 0) is 12.5 Å². The average molecular weight is 245 g/mol. The van der Waals surface area contributed by atoms with Crippen LogP contribution in [0.3, 0.4) is 0 Å². The Labute approximate surface area is 99.9 Å². The molecular formula is C8H16N2OY-2. The van der Waals surface area contributed by atoms with Gasteiger partial charge in [0.2, 0.25) is 0 Å². The summed E-state index contributed by atoms with van der Waals surface area (Å²) in [6, 6.07) is 0. The van der Waals surface area contributed by atoms with Gasteiger partial charge in [-0.25, -0.2) is 0 Å². The van der Waals surface area contributed by atoms with E-state index in [1.54, 1.807) is 7.05 Å². The summed E-state index contributed by atoms with van der Waals surface area (Å²) in [5, 5.41) is 6.80. The fourth-order valence-electron chi connectivity index (χ4n) is 1.31. The molecule has 1 saturated heterocycles. The molecule has 0 spiro atoms. The second kappa shape index (κ2) is 6.99. The summed E-state index contributed by atoms with van der Waals surface area (Å²) in [5.41, 5.74) is 0. The molecule has 0 bridgehead atoms. The molecule has 69 valence electrons. The Morgan fingerprint density at radius 2 is 2.08 bits per heavy atom. The van der Waals surface area contributed by atoms with E-state index in [-0.39, 0.29) is 52.0 Å². The predicted molar refractivity (Wildman–Crippen MR) is 46.2 cm³/mol. The van der Waals surface area contributed by atoms with E-state index in [0.717, 1.165) is 13.1 Å². The van der Waals surface area contributed by atoms with Crippen LogP contribution < -0.4 is 5.32 Å². The van der Waals surface area contributed by atoms with Crippen molar-refractivity contribution in [1.82, 2.24) is 5.32 Å². The molecule has 1 aliphatic heterocycles. The SMILES string of the molecule is C[N-]C(=O)C1CNCC1C.[CH3-].[Y]. The Morgan fingerprint density at radius 1 is 1.50 bits per heavy atom. The topological polar surface area (TPSA) is 43.2 Å². The number of carbonyl (C=O) groups is 1. The van der Waals surface area contributed by atoms with E-state index in [4.69, 9.17) is 0 Å². The van der Waals surface area contributed by atoms with Gasteiger partial charge in [-0.15, -0.1) is 7.05 Å². The van der Waals surface area contributed by atoms with Gasteiger partial charge >= 0.3 is 0 Å². The first kappa shape index (κ1) is 15.0. The van der Waals surface area contributed by atoms with Gasteiger partial charge in [-0.3, -0.25) is 0 Å². The molecule has 1 rings (SSSR count). The summed E-state index contributed by atoms with van der Waals surface area (Å²) in [6.45, 7) is 3.83. The zero-order valence-corrected chi connectivity index (χ0v) is 10.8. The van der Waals surface area contributed by atoms with Crippen molar-refractivity contribution in [1.29, 1.82) is 0 Å². The Hall–Kier alpha value is 0.534. The fraction of sp³-hybridized carbons (Fsp3) is 0.750. The summed E-state index contributed by atoms with van der Waals surface area (Å²) < 4.78 is 0. The van der Waals surface area contributed by atoms with Crippen molar-refractivity contribution in [2.45, 2.75) is 6.92 Å². The van der Waals surface area contributed by atoms with Crippen LogP contribution in [0.1, 0.15) is 6.92 Å². The third kappa shape index (κ3) is 3.50. The van der Waals surface area contributed by atoms with Crippen LogP contribution in [0.2, 0.25) is 0 Å². The van der Waals surface area contributed by atoms with E-state index in [0.29, 0.717) is 5.92 Å². The third-order valence-corrected chi connectivity index (χ3v) is 2.06. The molecule has 1 aliphatic rings. The monoisotopic (exact) mass is 245 g/mol. The van der Waals surface area contributed by atoms with Crippen molar-refractivity contribution in [3.8, 4) is 0 Å². The quantitative estimate of drug-likeness (QED) is 0.695. The fourth-order valence-corrected chi connectivity index (χ4v) is 1.31. The third-order valence-electron chi connectivity index (χ3n) is 2.06. The van der Waals surface area contributed by atoms with Gasteiger partial charge in [0.15, 0.2) is 0 Å². The van der Waals surface area contributed by atoms with E-state index in [2.05, 4.69) is 17.6 Å². The number of amides is 1. The van der Waals surface area contributed by atoms with E-state index >= 15 is 0 Å². The molecule has 0 aromatic rings. The van der Waals surface area contributed by atoms with Gasteiger partial charge < -0.3 is 22.9 Å². The molecule has 1 fully saturated rings. The summed E-state index contributed by atoms with van der Waals surface area (Å²) >= 11 is 0. The smallest absolute Gasteiger partial charge is 0.0557 e. The van der Waals surface area contributed by atoms with Crippen LogP contribution in [0.25, 0.3) is 5.32 Å². The molecule has 1 N–H and O–H groups in total. The number of rotatable bonds is 1. The Balaban J connectivity index is 0. The molecule has 4 heteroatoms. The first-order chi connectivity index (χ1) is 4.75. The van der Waals surface area contributed by atoms with Crippen molar-refractivity contribution in [2.24, 2.45) is 11.8 Å². The van der Waals surface area contributed by atoms with Crippen LogP contribution in [0, 0.1) is 19.3 Å². The van der Waals surface area contributed by atoms with Crippen molar-refractivity contribution in [3.63, 3.8) is 0 Å². The van der Waals surface area contributed by atoms with Crippen molar-refractivity contribution < 1.29 is 37.5 Å². The first-order valence-corrected chi connectivity index (χ1v) is 3.60. The molecule has 3 nitrogen and oxygen atoms in total. The van der Waals surface area contributed by atoms with Gasteiger partial charge in [0.05, 0.1) is 5.91 Å². The van der Waals surface area contributed by atoms with Crippen LogP contribution in [0.5, 0.6) is 0 Å². The van der Waals surface area contributed by atoms with Crippen LogP contribution in [0.4, 0.5) is 0 Å². The minimum absolute atomic E-state index is 0. The molecular weight excluding hydrogens is 229 g/mol. The number of nitrogens with one attached hydrogen (secondary N) is 1. The molecule has 0 saturated carbocycles. The predicted octanol–water partition coefficient (Wildman–Crippen LogP) is 0.820. The Bertz CT molecular complexity index is 141. The molecule has 1 radical (unpaired) electrons. The zero-order valence-electron chi connectivity index (χ0n) is 8.00. The van der Waals surface area contributed by atoms with Crippen molar-refractivity contribution in [2.75, 3.05) is 20.1 Å². The number of nitrogens with zero attached hydrogens (tertiary/aromatic N) is 1. The normalized spacial score (nSPS) is 26.8. The van der Waals surface area contributed by atoms with Gasteiger partial charge in [0.25, 0.3) is 0 Å². The van der Waals surface area contributed by atoms with Gasteiger partial charge in [-0.1, -0.05) is 6.92 Å². The molecule has 1 amide bonds. The number of hydrogen-bond acceptors (Lipinski definition) is 2. The largest absolute Gasteiger partial charge is 0.656 e. The summed E-state index contributed by atoms with van der Waals surface area (Å²) in [7, 11) is 1.56.